The minimum atomic E-state index is -2.83. The van der Waals surface area contributed by atoms with Gasteiger partial charge in [-0.3, -0.25) is 0 Å². The van der Waals surface area contributed by atoms with Crippen molar-refractivity contribution in [1.29, 1.82) is 0 Å². The Labute approximate surface area is 341 Å². The summed E-state index contributed by atoms with van der Waals surface area (Å²) < 4.78 is 28.2. The van der Waals surface area contributed by atoms with Crippen LogP contribution in [0.2, 0.25) is 5.04 Å². The zero-order chi connectivity index (χ0) is 40.0. The first-order chi connectivity index (χ1) is 28.3. The van der Waals surface area contributed by atoms with Crippen molar-refractivity contribution >= 4 is 29.9 Å². The molecule has 9 nitrogen and oxygen atoms in total. The molecule has 2 N–H and O–H groups in total. The molecule has 1 unspecified atom stereocenters. The van der Waals surface area contributed by atoms with Crippen molar-refractivity contribution in [3.63, 3.8) is 0 Å². The standard InChI is InChI=1S/C48H50N4O5Si/c1-47(2,3)58(39-25-15-7-16-26-39,40-27-17-8-18-28-40)51-46-41-29-30-43(52(41)50-35-49-46)48(53)45(56-33-38-23-13-6-14-24-38)44(55-32-37-21-11-5-12-22-37)42(57-48)34-54-31-36-19-9-4-10-20-36/h4-30,35,42,44-45,53H,31-34H2,1-3H3,(H,49,50,51)/t42-,44-,45-,48?/m1/s1. The highest BCUT2D eigenvalue weighted by Gasteiger charge is 2.59. The second-order valence-electron chi connectivity index (χ2n) is 15.8. The van der Waals surface area contributed by atoms with E-state index in [0.29, 0.717) is 23.6 Å². The average Bonchev–Trinajstić information content (AvgIpc) is 3.82. The SMILES string of the molecule is CC(C)(C)[Si](Nc1ncnn2c(C3(O)O[C@H](COCc4ccccc4)[C@@H](OCc4ccccc4)[C@H]3OCc3ccccc3)ccc12)(c1ccccc1)c1ccccc1. The second-order valence-corrected chi connectivity index (χ2v) is 20.2. The van der Waals surface area contributed by atoms with Crippen LogP contribution in [0.4, 0.5) is 5.82 Å². The molecule has 1 aliphatic heterocycles. The monoisotopic (exact) mass is 790 g/mol. The fraction of sp³-hybridized carbons (Fsp3) is 0.250. The summed E-state index contributed by atoms with van der Waals surface area (Å²) in [5, 5.41) is 20.1. The van der Waals surface area contributed by atoms with Gasteiger partial charge >= 0.3 is 0 Å². The van der Waals surface area contributed by atoms with Crippen LogP contribution in [0.1, 0.15) is 43.2 Å². The molecule has 296 valence electrons. The largest absolute Gasteiger partial charge is 0.386 e. The number of nitrogens with one attached hydrogen (secondary N) is 1. The Balaban J connectivity index is 1.20. The Morgan fingerprint density at radius 2 is 1.17 bits per heavy atom. The predicted molar refractivity (Wildman–Crippen MR) is 229 cm³/mol. The van der Waals surface area contributed by atoms with Crippen molar-refractivity contribution < 1.29 is 24.1 Å². The Morgan fingerprint density at radius 3 is 1.71 bits per heavy atom. The van der Waals surface area contributed by atoms with Crippen LogP contribution < -0.4 is 15.4 Å². The van der Waals surface area contributed by atoms with Crippen molar-refractivity contribution in [2.24, 2.45) is 0 Å². The second kappa shape index (κ2) is 17.2. The lowest BCUT2D eigenvalue weighted by molar-refractivity contribution is -0.255. The number of hydrogen-bond acceptors (Lipinski definition) is 8. The first-order valence-corrected chi connectivity index (χ1v) is 21.8. The molecule has 8 rings (SSSR count). The van der Waals surface area contributed by atoms with Crippen molar-refractivity contribution in [3.8, 4) is 0 Å². The quantitative estimate of drug-likeness (QED) is 0.102. The van der Waals surface area contributed by atoms with Gasteiger partial charge in [0.2, 0.25) is 14.0 Å². The third kappa shape index (κ3) is 8.00. The van der Waals surface area contributed by atoms with Gasteiger partial charge in [0.25, 0.3) is 0 Å². The highest BCUT2D eigenvalue weighted by molar-refractivity contribution is 7.06. The summed E-state index contributed by atoms with van der Waals surface area (Å²) in [5.41, 5.74) is 4.06. The number of nitrogens with zero attached hydrogens (tertiary/aromatic N) is 3. The average molecular weight is 791 g/mol. The summed E-state index contributed by atoms with van der Waals surface area (Å²) in [6.07, 6.45) is -0.853. The maximum Gasteiger partial charge on any atom is 0.240 e. The zero-order valence-electron chi connectivity index (χ0n) is 33.1. The van der Waals surface area contributed by atoms with Gasteiger partial charge in [-0.1, -0.05) is 172 Å². The smallest absolute Gasteiger partial charge is 0.240 e. The van der Waals surface area contributed by atoms with Crippen LogP contribution >= 0.6 is 0 Å². The molecule has 5 aromatic carbocycles. The van der Waals surface area contributed by atoms with Crippen LogP contribution in [-0.2, 0) is 44.6 Å². The number of fused-ring (bicyclic) bond motifs is 1. The van der Waals surface area contributed by atoms with Crippen molar-refractivity contribution in [1.82, 2.24) is 14.6 Å². The molecule has 0 bridgehead atoms. The Bertz CT molecular complexity index is 2320. The minimum Gasteiger partial charge on any atom is -0.386 e. The summed E-state index contributed by atoms with van der Waals surface area (Å²) in [5.74, 6) is -1.34. The summed E-state index contributed by atoms with van der Waals surface area (Å²) >= 11 is 0. The third-order valence-corrected chi connectivity index (χ3v) is 16.3. The van der Waals surface area contributed by atoms with E-state index < -0.39 is 32.3 Å². The van der Waals surface area contributed by atoms with Crippen molar-refractivity contribution in [3.05, 3.63) is 193 Å². The van der Waals surface area contributed by atoms with E-state index in [9.17, 15) is 5.11 Å². The normalized spacial score (nSPS) is 19.7. The molecule has 1 aliphatic rings. The molecule has 0 saturated carbocycles. The van der Waals surface area contributed by atoms with Crippen LogP contribution in [0.25, 0.3) is 5.52 Å². The number of rotatable bonds is 15. The van der Waals surface area contributed by atoms with Gasteiger partial charge in [-0.15, -0.1) is 0 Å². The van der Waals surface area contributed by atoms with E-state index in [0.717, 1.165) is 16.7 Å². The van der Waals surface area contributed by atoms with Gasteiger partial charge in [-0.2, -0.15) is 5.10 Å². The van der Waals surface area contributed by atoms with E-state index in [1.165, 1.54) is 16.7 Å². The van der Waals surface area contributed by atoms with E-state index in [-0.39, 0.29) is 24.9 Å². The number of aromatic nitrogens is 3. The molecule has 10 heteroatoms. The molecule has 4 atom stereocenters. The number of ether oxygens (including phenoxy) is 4. The Kier molecular flexibility index (Phi) is 11.7. The van der Waals surface area contributed by atoms with Gasteiger partial charge in [0, 0.05) is 0 Å². The minimum absolute atomic E-state index is 0.154. The lowest BCUT2D eigenvalue weighted by Crippen LogP contribution is -2.70. The molecular formula is C48H50N4O5Si. The lowest BCUT2D eigenvalue weighted by Gasteiger charge is -2.44. The van der Waals surface area contributed by atoms with Gasteiger partial charge in [-0.25, -0.2) is 9.50 Å². The number of benzene rings is 5. The third-order valence-electron chi connectivity index (χ3n) is 11.0. The summed E-state index contributed by atoms with van der Waals surface area (Å²) in [7, 11) is -2.83. The van der Waals surface area contributed by atoms with Gasteiger partial charge in [0.15, 0.2) is 0 Å². The Morgan fingerprint density at radius 1 is 0.672 bits per heavy atom. The van der Waals surface area contributed by atoms with Crippen LogP contribution in [0.15, 0.2) is 170 Å². The summed E-state index contributed by atoms with van der Waals surface area (Å²) in [6, 6.07) is 54.9. The highest BCUT2D eigenvalue weighted by atomic mass is 28.3. The van der Waals surface area contributed by atoms with E-state index in [1.807, 2.05) is 115 Å². The van der Waals surface area contributed by atoms with Crippen LogP contribution in [0.3, 0.4) is 0 Å². The topological polar surface area (TPSA) is 99.4 Å². The molecule has 7 aromatic rings. The van der Waals surface area contributed by atoms with Crippen LogP contribution in [0, 0.1) is 0 Å². The fourth-order valence-corrected chi connectivity index (χ4v) is 12.8. The maximum atomic E-state index is 13.1. The number of aliphatic hydroxyl groups is 1. The first-order valence-electron chi connectivity index (χ1n) is 19.8. The van der Waals surface area contributed by atoms with E-state index in [2.05, 4.69) is 74.3 Å². The molecule has 0 amide bonds. The first kappa shape index (κ1) is 39.4. The number of hydrogen-bond donors (Lipinski definition) is 2. The molecule has 2 aromatic heterocycles. The fourth-order valence-electron chi connectivity index (χ4n) is 8.13. The van der Waals surface area contributed by atoms with Gasteiger partial charge < -0.3 is 29.0 Å². The van der Waals surface area contributed by atoms with Crippen LogP contribution in [0.5, 0.6) is 0 Å². The van der Waals surface area contributed by atoms with E-state index >= 15 is 0 Å². The van der Waals surface area contributed by atoms with Crippen molar-refractivity contribution in [2.45, 2.75) is 69.7 Å². The lowest BCUT2D eigenvalue weighted by atomic mass is 10.0. The van der Waals surface area contributed by atoms with Gasteiger partial charge in [0.1, 0.15) is 41.7 Å². The molecule has 3 heterocycles. The molecule has 0 radical (unpaired) electrons. The van der Waals surface area contributed by atoms with Crippen LogP contribution in [-0.4, -0.2) is 52.9 Å². The maximum absolute atomic E-state index is 13.1. The predicted octanol–water partition coefficient (Wildman–Crippen LogP) is 7.63. The molecule has 0 spiro atoms. The molecule has 1 saturated heterocycles. The number of anilines is 1. The van der Waals surface area contributed by atoms with E-state index in [4.69, 9.17) is 29.0 Å². The molecule has 1 fully saturated rings. The summed E-state index contributed by atoms with van der Waals surface area (Å²) in [6.45, 7) is 7.89. The zero-order valence-corrected chi connectivity index (χ0v) is 34.1. The van der Waals surface area contributed by atoms with Gasteiger partial charge in [-0.05, 0) is 44.2 Å². The highest BCUT2D eigenvalue weighted by Crippen LogP contribution is 2.43. The van der Waals surface area contributed by atoms with Gasteiger partial charge in [0.05, 0.1) is 26.4 Å². The van der Waals surface area contributed by atoms with Crippen molar-refractivity contribution in [2.75, 3.05) is 11.6 Å². The molecule has 58 heavy (non-hydrogen) atoms. The Hall–Kier alpha value is -5.46. The molecular weight excluding hydrogens is 741 g/mol. The van der Waals surface area contributed by atoms with E-state index in [1.54, 1.807) is 4.52 Å². The summed E-state index contributed by atoms with van der Waals surface area (Å²) in [4.78, 5) is 8.92. The molecule has 0 aliphatic carbocycles.